The van der Waals surface area contributed by atoms with Crippen LogP contribution in [0.25, 0.3) is 11.3 Å². The lowest BCUT2D eigenvalue weighted by atomic mass is 10.2. The van der Waals surface area contributed by atoms with Gasteiger partial charge in [0.15, 0.2) is 0 Å². The number of aromatic nitrogens is 1. The summed E-state index contributed by atoms with van der Waals surface area (Å²) in [4.78, 5) is 7.28. The number of likely N-dealkylation sites (N-methyl/N-ethyl adjacent to an activating group) is 1. The van der Waals surface area contributed by atoms with Crippen LogP contribution in [0.5, 0.6) is 0 Å². The molecule has 0 unspecified atom stereocenters. The average Bonchev–Trinajstić information content (AvgIpc) is 3.26. The van der Waals surface area contributed by atoms with Crippen LogP contribution in [-0.4, -0.2) is 35.6 Å². The van der Waals surface area contributed by atoms with Crippen molar-refractivity contribution in [3.8, 4) is 11.3 Å². The number of thiazole rings is 1. The van der Waals surface area contributed by atoms with Gasteiger partial charge < -0.3 is 5.32 Å². The Balaban J connectivity index is 1.44. The summed E-state index contributed by atoms with van der Waals surface area (Å²) in [6.07, 6.45) is 2.78. The van der Waals surface area contributed by atoms with Crippen molar-refractivity contribution in [2.45, 2.75) is 32.4 Å². The van der Waals surface area contributed by atoms with Crippen LogP contribution in [0.15, 0.2) is 35.7 Å². The summed E-state index contributed by atoms with van der Waals surface area (Å²) in [6.45, 7) is 6.50. The number of benzene rings is 1. The van der Waals surface area contributed by atoms with Crippen molar-refractivity contribution < 1.29 is 0 Å². The fourth-order valence-electron chi connectivity index (χ4n) is 2.59. The van der Waals surface area contributed by atoms with E-state index < -0.39 is 0 Å². The molecule has 0 spiro atoms. The van der Waals surface area contributed by atoms with Gasteiger partial charge in [0.25, 0.3) is 0 Å². The molecule has 0 atom stereocenters. The van der Waals surface area contributed by atoms with Gasteiger partial charge in [-0.1, -0.05) is 37.3 Å². The molecule has 0 bridgehead atoms. The van der Waals surface area contributed by atoms with Gasteiger partial charge in [0, 0.05) is 36.6 Å². The third kappa shape index (κ3) is 4.13. The van der Waals surface area contributed by atoms with Crippen molar-refractivity contribution in [2.24, 2.45) is 0 Å². The van der Waals surface area contributed by atoms with E-state index >= 15 is 0 Å². The fraction of sp³-hybridized carbons (Fsp3) is 0.471. The molecule has 1 aromatic heterocycles. The largest absolute Gasteiger partial charge is 0.309 e. The molecule has 1 saturated carbocycles. The molecule has 0 radical (unpaired) electrons. The van der Waals surface area contributed by atoms with Gasteiger partial charge in [-0.15, -0.1) is 11.3 Å². The maximum atomic E-state index is 4.71. The van der Waals surface area contributed by atoms with E-state index in [-0.39, 0.29) is 0 Å². The van der Waals surface area contributed by atoms with Crippen LogP contribution < -0.4 is 5.32 Å². The van der Waals surface area contributed by atoms with Crippen molar-refractivity contribution >= 4 is 11.3 Å². The molecule has 3 nitrogen and oxygen atoms in total. The first kappa shape index (κ1) is 14.7. The number of nitrogens with zero attached hydrogens (tertiary/aromatic N) is 2. The van der Waals surface area contributed by atoms with Gasteiger partial charge in [-0.25, -0.2) is 4.98 Å². The maximum absolute atomic E-state index is 4.71. The molecule has 1 heterocycles. The average molecular weight is 301 g/mol. The van der Waals surface area contributed by atoms with Gasteiger partial charge >= 0.3 is 0 Å². The van der Waals surface area contributed by atoms with Gasteiger partial charge in [-0.2, -0.15) is 0 Å². The summed E-state index contributed by atoms with van der Waals surface area (Å²) in [5.41, 5.74) is 2.29. The lowest BCUT2D eigenvalue weighted by molar-refractivity contribution is 0.277. The van der Waals surface area contributed by atoms with E-state index in [0.29, 0.717) is 0 Å². The summed E-state index contributed by atoms with van der Waals surface area (Å²) in [6, 6.07) is 11.2. The number of nitrogens with one attached hydrogen (secondary N) is 1. The SMILES string of the molecule is CCN(CCNCc1nc(-c2ccccc2)cs1)C1CC1. The number of hydrogen-bond donors (Lipinski definition) is 1. The van der Waals surface area contributed by atoms with E-state index in [9.17, 15) is 0 Å². The van der Waals surface area contributed by atoms with Gasteiger partial charge in [-0.05, 0) is 19.4 Å². The van der Waals surface area contributed by atoms with Gasteiger partial charge in [0.2, 0.25) is 0 Å². The molecule has 1 aliphatic carbocycles. The smallest absolute Gasteiger partial charge is 0.107 e. The minimum atomic E-state index is 0.862. The molecule has 1 N–H and O–H groups in total. The molecule has 1 aromatic carbocycles. The molecule has 0 amide bonds. The first-order valence-corrected chi connectivity index (χ1v) is 8.69. The van der Waals surface area contributed by atoms with E-state index in [0.717, 1.165) is 31.4 Å². The van der Waals surface area contributed by atoms with Crippen molar-refractivity contribution in [1.82, 2.24) is 15.2 Å². The summed E-state index contributed by atoms with van der Waals surface area (Å²) in [5, 5.41) is 6.84. The monoisotopic (exact) mass is 301 g/mol. The molecule has 21 heavy (non-hydrogen) atoms. The molecule has 4 heteroatoms. The predicted molar refractivity (Wildman–Crippen MR) is 89.5 cm³/mol. The third-order valence-electron chi connectivity index (χ3n) is 3.94. The predicted octanol–water partition coefficient (Wildman–Crippen LogP) is 3.38. The second-order valence-electron chi connectivity index (χ2n) is 5.53. The second kappa shape index (κ2) is 7.16. The summed E-state index contributed by atoms with van der Waals surface area (Å²) < 4.78 is 0. The Kier molecular flexibility index (Phi) is 5.01. The molecule has 1 fully saturated rings. The summed E-state index contributed by atoms with van der Waals surface area (Å²) in [7, 11) is 0. The van der Waals surface area contributed by atoms with Gasteiger partial charge in [0.1, 0.15) is 5.01 Å². The Labute approximate surface area is 131 Å². The van der Waals surface area contributed by atoms with Crippen LogP contribution >= 0.6 is 11.3 Å². The molecule has 2 aromatic rings. The standard InChI is InChI=1S/C17H23N3S/c1-2-20(15-8-9-15)11-10-18-12-17-19-16(13-21-17)14-6-4-3-5-7-14/h3-7,13,15,18H,2,8-12H2,1H3. The molecule has 1 aliphatic rings. The zero-order valence-corrected chi connectivity index (χ0v) is 13.4. The molecule has 0 saturated heterocycles. The van der Waals surface area contributed by atoms with E-state index in [1.807, 2.05) is 6.07 Å². The minimum absolute atomic E-state index is 0.862. The highest BCUT2D eigenvalue weighted by atomic mass is 32.1. The summed E-state index contributed by atoms with van der Waals surface area (Å²) >= 11 is 1.74. The van der Waals surface area contributed by atoms with Crippen LogP contribution in [-0.2, 0) is 6.54 Å². The molecule has 0 aliphatic heterocycles. The third-order valence-corrected chi connectivity index (χ3v) is 4.79. The second-order valence-corrected chi connectivity index (χ2v) is 6.47. The zero-order chi connectivity index (χ0) is 14.5. The lowest BCUT2D eigenvalue weighted by Crippen LogP contribution is -2.33. The van der Waals surface area contributed by atoms with E-state index in [2.05, 4.69) is 46.8 Å². The first-order valence-electron chi connectivity index (χ1n) is 7.81. The Bertz CT molecular complexity index is 548. The van der Waals surface area contributed by atoms with E-state index in [1.54, 1.807) is 11.3 Å². The zero-order valence-electron chi connectivity index (χ0n) is 12.6. The van der Waals surface area contributed by atoms with Crippen molar-refractivity contribution in [3.63, 3.8) is 0 Å². The number of hydrogen-bond acceptors (Lipinski definition) is 4. The highest BCUT2D eigenvalue weighted by Crippen LogP contribution is 2.26. The topological polar surface area (TPSA) is 28.2 Å². The summed E-state index contributed by atoms with van der Waals surface area (Å²) in [5.74, 6) is 0. The maximum Gasteiger partial charge on any atom is 0.107 e. The van der Waals surface area contributed by atoms with Crippen LogP contribution in [0.4, 0.5) is 0 Å². The normalized spacial score (nSPS) is 14.8. The quantitative estimate of drug-likeness (QED) is 0.758. The van der Waals surface area contributed by atoms with Crippen LogP contribution in [0.3, 0.4) is 0 Å². The van der Waals surface area contributed by atoms with Crippen molar-refractivity contribution in [3.05, 3.63) is 40.7 Å². The van der Waals surface area contributed by atoms with Gasteiger partial charge in [0.05, 0.1) is 5.69 Å². The number of rotatable bonds is 8. The Morgan fingerprint density at radius 1 is 1.29 bits per heavy atom. The first-order chi connectivity index (χ1) is 10.4. The van der Waals surface area contributed by atoms with E-state index in [4.69, 9.17) is 4.98 Å². The lowest BCUT2D eigenvalue weighted by Gasteiger charge is -2.19. The highest BCUT2D eigenvalue weighted by molar-refractivity contribution is 7.09. The van der Waals surface area contributed by atoms with Gasteiger partial charge in [-0.3, -0.25) is 4.90 Å². The Morgan fingerprint density at radius 2 is 2.10 bits per heavy atom. The van der Waals surface area contributed by atoms with Crippen molar-refractivity contribution in [1.29, 1.82) is 0 Å². The van der Waals surface area contributed by atoms with Crippen molar-refractivity contribution in [2.75, 3.05) is 19.6 Å². The molecule has 112 valence electrons. The highest BCUT2D eigenvalue weighted by Gasteiger charge is 2.26. The molecule has 3 rings (SSSR count). The fourth-order valence-corrected chi connectivity index (χ4v) is 3.36. The minimum Gasteiger partial charge on any atom is -0.309 e. The molecular weight excluding hydrogens is 278 g/mol. The Morgan fingerprint density at radius 3 is 2.81 bits per heavy atom. The van der Waals surface area contributed by atoms with Crippen LogP contribution in [0.2, 0.25) is 0 Å². The van der Waals surface area contributed by atoms with E-state index in [1.165, 1.54) is 30.0 Å². The molecular formula is C17H23N3S. The van der Waals surface area contributed by atoms with Crippen LogP contribution in [0, 0.1) is 0 Å². The Hall–Kier alpha value is -1.23. The van der Waals surface area contributed by atoms with Crippen LogP contribution in [0.1, 0.15) is 24.8 Å².